The number of hydrogen-bond donors (Lipinski definition) is 2. The third kappa shape index (κ3) is 2.97. The monoisotopic (exact) mass is 185 g/mol. The molecule has 1 aliphatic rings. The highest BCUT2D eigenvalue weighted by Crippen LogP contribution is 2.13. The standard InChI is InChI=1S/C9H19N3O/c1-7(9(10)11)12(2)6-8-4-3-5-13-8/h7-8H,3-6H2,1-2H3,(H3,10,11). The van der Waals surface area contributed by atoms with Gasteiger partial charge in [0.2, 0.25) is 0 Å². The van der Waals surface area contributed by atoms with E-state index >= 15 is 0 Å². The fraction of sp³-hybridized carbons (Fsp3) is 0.889. The molecule has 4 heteroatoms. The summed E-state index contributed by atoms with van der Waals surface area (Å²) in [5.41, 5.74) is 5.41. The van der Waals surface area contributed by atoms with Crippen molar-refractivity contribution in [1.82, 2.24) is 4.90 Å². The Morgan fingerprint density at radius 3 is 2.92 bits per heavy atom. The summed E-state index contributed by atoms with van der Waals surface area (Å²) in [7, 11) is 1.98. The fourth-order valence-electron chi connectivity index (χ4n) is 1.51. The molecule has 2 unspecified atom stereocenters. The Kier molecular flexibility index (Phi) is 3.69. The molecule has 3 N–H and O–H groups in total. The second kappa shape index (κ2) is 4.58. The summed E-state index contributed by atoms with van der Waals surface area (Å²) in [6.07, 6.45) is 2.63. The summed E-state index contributed by atoms with van der Waals surface area (Å²) < 4.78 is 5.50. The van der Waals surface area contributed by atoms with Gasteiger partial charge in [0.15, 0.2) is 0 Å². The summed E-state index contributed by atoms with van der Waals surface area (Å²) in [5.74, 6) is 0.223. The number of hydrogen-bond acceptors (Lipinski definition) is 3. The van der Waals surface area contributed by atoms with E-state index in [1.807, 2.05) is 14.0 Å². The lowest BCUT2D eigenvalue weighted by Crippen LogP contribution is -2.43. The molecule has 0 aromatic heterocycles. The SMILES string of the molecule is CC(C(=N)N)N(C)CC1CCCO1. The van der Waals surface area contributed by atoms with E-state index in [9.17, 15) is 0 Å². The molecule has 0 amide bonds. The van der Waals surface area contributed by atoms with Gasteiger partial charge in [0.05, 0.1) is 12.1 Å². The molecule has 4 nitrogen and oxygen atoms in total. The molecule has 1 heterocycles. The third-order valence-electron chi connectivity index (χ3n) is 2.63. The van der Waals surface area contributed by atoms with Crippen LogP contribution in [0.4, 0.5) is 0 Å². The Labute approximate surface area is 79.6 Å². The number of ether oxygens (including phenoxy) is 1. The molecular formula is C9H19N3O. The average Bonchev–Trinajstić information content (AvgIpc) is 2.55. The zero-order chi connectivity index (χ0) is 9.84. The third-order valence-corrected chi connectivity index (χ3v) is 2.63. The van der Waals surface area contributed by atoms with Crippen molar-refractivity contribution in [1.29, 1.82) is 5.41 Å². The molecule has 13 heavy (non-hydrogen) atoms. The van der Waals surface area contributed by atoms with Gasteiger partial charge in [-0.25, -0.2) is 0 Å². The van der Waals surface area contributed by atoms with E-state index in [-0.39, 0.29) is 11.9 Å². The molecule has 76 valence electrons. The first-order valence-corrected chi connectivity index (χ1v) is 4.77. The highest BCUT2D eigenvalue weighted by atomic mass is 16.5. The Balaban J connectivity index is 2.30. The van der Waals surface area contributed by atoms with E-state index in [2.05, 4.69) is 4.90 Å². The van der Waals surface area contributed by atoms with Crippen molar-refractivity contribution in [2.45, 2.75) is 31.9 Å². The van der Waals surface area contributed by atoms with Crippen LogP contribution in [0.15, 0.2) is 0 Å². The van der Waals surface area contributed by atoms with E-state index in [1.165, 1.54) is 0 Å². The van der Waals surface area contributed by atoms with Gasteiger partial charge >= 0.3 is 0 Å². The van der Waals surface area contributed by atoms with Crippen molar-refractivity contribution in [2.24, 2.45) is 5.73 Å². The number of rotatable bonds is 4. The van der Waals surface area contributed by atoms with Crippen molar-refractivity contribution in [3.05, 3.63) is 0 Å². The molecule has 2 atom stereocenters. The van der Waals surface area contributed by atoms with Gasteiger partial charge in [0, 0.05) is 13.2 Å². The molecule has 0 saturated carbocycles. The van der Waals surface area contributed by atoms with Gasteiger partial charge in [0.1, 0.15) is 5.84 Å². The maximum Gasteiger partial charge on any atom is 0.108 e. The van der Waals surface area contributed by atoms with Gasteiger partial charge in [-0.2, -0.15) is 0 Å². The zero-order valence-corrected chi connectivity index (χ0v) is 8.42. The van der Waals surface area contributed by atoms with Gasteiger partial charge in [-0.15, -0.1) is 0 Å². The van der Waals surface area contributed by atoms with Crippen molar-refractivity contribution < 1.29 is 4.74 Å². The van der Waals surface area contributed by atoms with Gasteiger partial charge in [-0.3, -0.25) is 10.3 Å². The molecule has 1 saturated heterocycles. The minimum Gasteiger partial charge on any atom is -0.386 e. The Morgan fingerprint density at radius 2 is 2.46 bits per heavy atom. The summed E-state index contributed by atoms with van der Waals surface area (Å²) in [6, 6.07) is 0.0178. The summed E-state index contributed by atoms with van der Waals surface area (Å²) >= 11 is 0. The lowest BCUT2D eigenvalue weighted by Gasteiger charge is -2.25. The molecule has 1 fully saturated rings. The molecule has 0 radical (unpaired) electrons. The van der Waals surface area contributed by atoms with Gasteiger partial charge in [-0.1, -0.05) is 0 Å². The van der Waals surface area contributed by atoms with Crippen LogP contribution in [0.5, 0.6) is 0 Å². The predicted molar refractivity (Wildman–Crippen MR) is 53.0 cm³/mol. The number of amidine groups is 1. The molecule has 1 aliphatic heterocycles. The first kappa shape index (κ1) is 10.5. The van der Waals surface area contributed by atoms with Crippen LogP contribution in [-0.4, -0.2) is 43.1 Å². The number of nitrogens with two attached hydrogens (primary N) is 1. The van der Waals surface area contributed by atoms with Crippen LogP contribution in [0, 0.1) is 5.41 Å². The Bertz CT molecular complexity index is 178. The van der Waals surface area contributed by atoms with E-state index in [1.54, 1.807) is 0 Å². The summed E-state index contributed by atoms with van der Waals surface area (Å²) in [6.45, 7) is 3.70. The second-order valence-corrected chi connectivity index (χ2v) is 3.71. The first-order chi connectivity index (χ1) is 6.11. The van der Waals surface area contributed by atoms with E-state index in [0.29, 0.717) is 6.10 Å². The maximum atomic E-state index is 7.30. The molecule has 0 spiro atoms. The Morgan fingerprint density at radius 1 is 1.77 bits per heavy atom. The normalized spacial score (nSPS) is 25.0. The smallest absolute Gasteiger partial charge is 0.108 e. The quantitative estimate of drug-likeness (QED) is 0.493. The molecule has 0 bridgehead atoms. The Hall–Kier alpha value is -0.610. The van der Waals surface area contributed by atoms with Crippen LogP contribution in [0.3, 0.4) is 0 Å². The highest BCUT2D eigenvalue weighted by molar-refractivity contribution is 5.82. The number of nitrogens with one attached hydrogen (secondary N) is 1. The van der Waals surface area contributed by atoms with Crippen LogP contribution >= 0.6 is 0 Å². The van der Waals surface area contributed by atoms with E-state index < -0.39 is 0 Å². The largest absolute Gasteiger partial charge is 0.386 e. The average molecular weight is 185 g/mol. The predicted octanol–water partition coefficient (Wildman–Crippen LogP) is 0.422. The van der Waals surface area contributed by atoms with Crippen molar-refractivity contribution in [2.75, 3.05) is 20.2 Å². The molecule has 0 aromatic rings. The van der Waals surface area contributed by atoms with Gasteiger partial charge in [0.25, 0.3) is 0 Å². The van der Waals surface area contributed by atoms with Crippen molar-refractivity contribution >= 4 is 5.84 Å². The van der Waals surface area contributed by atoms with E-state index in [4.69, 9.17) is 15.9 Å². The minimum absolute atomic E-state index is 0.0178. The van der Waals surface area contributed by atoms with Crippen LogP contribution in [0.25, 0.3) is 0 Å². The first-order valence-electron chi connectivity index (χ1n) is 4.77. The number of likely N-dealkylation sites (N-methyl/N-ethyl adjacent to an activating group) is 1. The van der Waals surface area contributed by atoms with Gasteiger partial charge < -0.3 is 10.5 Å². The molecular weight excluding hydrogens is 166 g/mol. The molecule has 0 aromatic carbocycles. The summed E-state index contributed by atoms with van der Waals surface area (Å²) in [5, 5.41) is 7.30. The highest BCUT2D eigenvalue weighted by Gasteiger charge is 2.20. The van der Waals surface area contributed by atoms with Crippen molar-refractivity contribution in [3.8, 4) is 0 Å². The lowest BCUT2D eigenvalue weighted by atomic mass is 10.2. The van der Waals surface area contributed by atoms with Crippen molar-refractivity contribution in [3.63, 3.8) is 0 Å². The second-order valence-electron chi connectivity index (χ2n) is 3.71. The minimum atomic E-state index is 0.0178. The molecule has 0 aliphatic carbocycles. The lowest BCUT2D eigenvalue weighted by molar-refractivity contribution is 0.0776. The maximum absolute atomic E-state index is 7.30. The fourth-order valence-corrected chi connectivity index (χ4v) is 1.51. The topological polar surface area (TPSA) is 62.3 Å². The van der Waals surface area contributed by atoms with Crippen LogP contribution in [0.1, 0.15) is 19.8 Å². The molecule has 1 rings (SSSR count). The summed E-state index contributed by atoms with van der Waals surface area (Å²) in [4.78, 5) is 2.07. The van der Waals surface area contributed by atoms with Crippen LogP contribution in [0.2, 0.25) is 0 Å². The van der Waals surface area contributed by atoms with E-state index in [0.717, 1.165) is 26.0 Å². The number of nitrogens with zero attached hydrogens (tertiary/aromatic N) is 1. The van der Waals surface area contributed by atoms with Gasteiger partial charge in [-0.05, 0) is 26.8 Å². The zero-order valence-electron chi connectivity index (χ0n) is 8.42. The van der Waals surface area contributed by atoms with Crippen LogP contribution < -0.4 is 5.73 Å². The van der Waals surface area contributed by atoms with Crippen LogP contribution in [-0.2, 0) is 4.74 Å².